The van der Waals surface area contributed by atoms with Crippen LogP contribution in [-0.4, -0.2) is 15.0 Å². The zero-order chi connectivity index (χ0) is 24.5. The van der Waals surface area contributed by atoms with Crippen LogP contribution >= 0.6 is 11.3 Å². The first-order valence-electron chi connectivity index (χ1n) is 10.2. The van der Waals surface area contributed by atoms with Crippen LogP contribution in [0.5, 0.6) is 11.6 Å². The smallest absolute Gasteiger partial charge is 0.434 e. The molecule has 0 radical (unpaired) electrons. The minimum Gasteiger partial charge on any atom is -0.437 e. The number of para-hydroxylation sites is 1. The van der Waals surface area contributed by atoms with Gasteiger partial charge in [0, 0.05) is 18.0 Å². The van der Waals surface area contributed by atoms with Gasteiger partial charge in [0.2, 0.25) is 11.8 Å². The van der Waals surface area contributed by atoms with Crippen molar-refractivity contribution in [3.8, 4) is 22.1 Å². The highest BCUT2D eigenvalue weighted by molar-refractivity contribution is 7.19. The molecule has 3 heterocycles. The second-order valence-electron chi connectivity index (χ2n) is 8.39. The summed E-state index contributed by atoms with van der Waals surface area (Å²) in [4.78, 5) is 11.4. The van der Waals surface area contributed by atoms with Crippen molar-refractivity contribution in [3.05, 3.63) is 78.1 Å². The molecule has 0 unspecified atom stereocenters. The van der Waals surface area contributed by atoms with Crippen molar-refractivity contribution in [1.29, 1.82) is 0 Å². The number of thiazole rings is 1. The van der Waals surface area contributed by atoms with Crippen LogP contribution in [0.4, 0.5) is 28.4 Å². The molecule has 176 valence electrons. The van der Waals surface area contributed by atoms with Gasteiger partial charge in [-0.2, -0.15) is 22.5 Å². The van der Waals surface area contributed by atoms with E-state index in [9.17, 15) is 17.6 Å². The number of rotatable bonds is 5. The van der Waals surface area contributed by atoms with Crippen LogP contribution in [0.3, 0.4) is 0 Å². The lowest BCUT2D eigenvalue weighted by Gasteiger charge is -2.22. The monoisotopic (exact) mass is 487 g/mol. The van der Waals surface area contributed by atoms with Gasteiger partial charge in [-0.15, -0.1) is 0 Å². The number of pyridine rings is 2. The Labute approximate surface area is 197 Å². The van der Waals surface area contributed by atoms with Gasteiger partial charge < -0.3 is 10.1 Å². The maximum atomic E-state index is 14.0. The first-order chi connectivity index (χ1) is 16.0. The van der Waals surface area contributed by atoms with Crippen LogP contribution in [0, 0.1) is 5.95 Å². The first-order valence-corrected chi connectivity index (χ1v) is 11.0. The molecule has 5 nitrogen and oxygen atoms in total. The lowest BCUT2D eigenvalue weighted by Crippen LogP contribution is -2.12. The van der Waals surface area contributed by atoms with Crippen molar-refractivity contribution in [3.63, 3.8) is 0 Å². The van der Waals surface area contributed by atoms with Crippen LogP contribution in [0.25, 0.3) is 10.4 Å². The number of anilines is 2. The Morgan fingerprint density at radius 2 is 1.62 bits per heavy atom. The van der Waals surface area contributed by atoms with Crippen molar-refractivity contribution in [2.75, 3.05) is 5.32 Å². The van der Waals surface area contributed by atoms with E-state index in [1.165, 1.54) is 30.6 Å². The Bertz CT molecular complexity index is 1300. The van der Waals surface area contributed by atoms with Gasteiger partial charge in [0.05, 0.1) is 4.88 Å². The highest BCUT2D eigenvalue weighted by Gasteiger charge is 2.38. The number of hydrogen-bond donors (Lipinski definition) is 1. The molecule has 0 bridgehead atoms. The number of aromatic nitrogens is 3. The standard InChI is InChI=1S/C24H20F4N4OS/c1-23(2,3)15-6-4-5-7-17(15)33-21-16(8-9-18(25)31-21)30-22-32-20(24(26,27)28)19(34-22)14-10-12-29-13-11-14/h4-13H,1-3H3,(H,30,32)/i25-1. The van der Waals surface area contributed by atoms with E-state index in [1.807, 2.05) is 32.9 Å². The predicted molar refractivity (Wildman–Crippen MR) is 123 cm³/mol. The lowest BCUT2D eigenvalue weighted by molar-refractivity contribution is -0.140. The molecule has 0 fully saturated rings. The summed E-state index contributed by atoms with van der Waals surface area (Å²) in [6.07, 6.45) is -1.85. The SMILES string of the molecule is CC(C)(C)c1ccccc1Oc1nc([18F])ccc1Nc1nc(C(F)(F)F)c(-c2ccncc2)s1. The van der Waals surface area contributed by atoms with E-state index in [1.54, 1.807) is 12.1 Å². The number of ether oxygens (including phenoxy) is 1. The van der Waals surface area contributed by atoms with Crippen LogP contribution in [-0.2, 0) is 11.6 Å². The van der Waals surface area contributed by atoms with Gasteiger partial charge in [0.15, 0.2) is 10.8 Å². The van der Waals surface area contributed by atoms with Crippen molar-refractivity contribution in [2.24, 2.45) is 0 Å². The van der Waals surface area contributed by atoms with Crippen molar-refractivity contribution < 1.29 is 22.3 Å². The molecule has 34 heavy (non-hydrogen) atoms. The highest BCUT2D eigenvalue weighted by atomic mass is 32.1. The third-order valence-electron chi connectivity index (χ3n) is 4.81. The molecular formula is C24H20F4N4OS. The van der Waals surface area contributed by atoms with Gasteiger partial charge in [-0.25, -0.2) is 4.98 Å². The van der Waals surface area contributed by atoms with Crippen LogP contribution in [0.2, 0.25) is 0 Å². The lowest BCUT2D eigenvalue weighted by atomic mass is 9.86. The fourth-order valence-electron chi connectivity index (χ4n) is 3.25. The molecule has 1 aromatic carbocycles. The Morgan fingerprint density at radius 1 is 0.912 bits per heavy atom. The molecule has 1 N–H and O–H groups in total. The molecule has 0 aliphatic rings. The fraction of sp³-hybridized carbons (Fsp3) is 0.208. The molecule has 0 aliphatic carbocycles. The van der Waals surface area contributed by atoms with Gasteiger partial charge in [0.1, 0.15) is 11.4 Å². The summed E-state index contributed by atoms with van der Waals surface area (Å²) < 4.78 is 61.0. The number of nitrogens with one attached hydrogen (secondary N) is 1. The number of nitrogens with zero attached hydrogens (tertiary/aromatic N) is 3. The first kappa shape index (κ1) is 23.6. The highest BCUT2D eigenvalue weighted by Crippen LogP contribution is 2.43. The molecule has 0 saturated heterocycles. The van der Waals surface area contributed by atoms with Gasteiger partial charge >= 0.3 is 6.18 Å². The average molecular weight is 488 g/mol. The van der Waals surface area contributed by atoms with Crippen molar-refractivity contribution >= 4 is 22.2 Å². The summed E-state index contributed by atoms with van der Waals surface area (Å²) in [7, 11) is 0. The second kappa shape index (κ2) is 9.02. The molecular weight excluding hydrogens is 467 g/mol. The molecule has 0 saturated carbocycles. The van der Waals surface area contributed by atoms with Crippen LogP contribution < -0.4 is 10.1 Å². The molecule has 10 heteroatoms. The number of alkyl halides is 3. The topological polar surface area (TPSA) is 59.9 Å². The molecule has 0 spiro atoms. The summed E-state index contributed by atoms with van der Waals surface area (Å²) in [5.74, 6) is -0.448. The van der Waals surface area contributed by atoms with E-state index < -0.39 is 17.8 Å². The van der Waals surface area contributed by atoms with E-state index in [2.05, 4.69) is 20.3 Å². The van der Waals surface area contributed by atoms with E-state index in [4.69, 9.17) is 4.74 Å². The van der Waals surface area contributed by atoms with Gasteiger partial charge in [0.25, 0.3) is 0 Å². The van der Waals surface area contributed by atoms with Crippen LogP contribution in [0.15, 0.2) is 60.9 Å². The summed E-state index contributed by atoms with van der Waals surface area (Å²) >= 11 is 0.814. The number of benzene rings is 1. The Balaban J connectivity index is 1.73. The zero-order valence-electron chi connectivity index (χ0n) is 18.4. The zero-order valence-corrected chi connectivity index (χ0v) is 19.3. The van der Waals surface area contributed by atoms with Gasteiger partial charge in [-0.1, -0.05) is 50.3 Å². The Kier molecular flexibility index (Phi) is 6.26. The summed E-state index contributed by atoms with van der Waals surface area (Å²) in [6.45, 7) is 6.01. The van der Waals surface area contributed by atoms with E-state index in [0.717, 1.165) is 23.0 Å². The fourth-order valence-corrected chi connectivity index (χ4v) is 4.25. The Hall–Kier alpha value is -3.53. The third-order valence-corrected chi connectivity index (χ3v) is 5.83. The largest absolute Gasteiger partial charge is 0.437 e. The molecule has 0 amide bonds. The normalized spacial score (nSPS) is 12.0. The number of halogens is 4. The molecule has 4 aromatic rings. The van der Waals surface area contributed by atoms with Crippen molar-refractivity contribution in [2.45, 2.75) is 32.4 Å². The summed E-state index contributed by atoms with van der Waals surface area (Å²) in [6, 6.07) is 12.6. The Morgan fingerprint density at radius 3 is 2.29 bits per heavy atom. The molecule has 0 atom stereocenters. The summed E-state index contributed by atoms with van der Waals surface area (Å²) in [5, 5.41) is 2.78. The second-order valence-corrected chi connectivity index (χ2v) is 9.39. The quantitative estimate of drug-likeness (QED) is 0.232. The molecule has 4 rings (SSSR count). The minimum absolute atomic E-state index is 0.0403. The summed E-state index contributed by atoms with van der Waals surface area (Å²) in [5.41, 5.74) is 0.0744. The van der Waals surface area contributed by atoms with E-state index >= 15 is 0 Å². The molecule has 0 aliphatic heterocycles. The maximum absolute atomic E-state index is 14.0. The minimum atomic E-state index is -4.67. The predicted octanol–water partition coefficient (Wildman–Crippen LogP) is 7.59. The molecule has 3 aromatic heterocycles. The average Bonchev–Trinajstić information content (AvgIpc) is 3.20. The maximum Gasteiger partial charge on any atom is 0.434 e. The number of hydrogen-bond acceptors (Lipinski definition) is 6. The van der Waals surface area contributed by atoms with Gasteiger partial charge in [-0.05, 0) is 41.3 Å². The van der Waals surface area contributed by atoms with Gasteiger partial charge in [-0.3, -0.25) is 4.98 Å². The van der Waals surface area contributed by atoms with E-state index in [-0.39, 0.29) is 27.0 Å². The van der Waals surface area contributed by atoms with Crippen molar-refractivity contribution in [1.82, 2.24) is 15.0 Å². The van der Waals surface area contributed by atoms with Crippen LogP contribution in [0.1, 0.15) is 32.0 Å². The van der Waals surface area contributed by atoms with E-state index in [0.29, 0.717) is 11.3 Å². The third kappa shape index (κ3) is 5.17.